The van der Waals surface area contributed by atoms with Crippen LogP contribution in [0.25, 0.3) is 89.6 Å². The summed E-state index contributed by atoms with van der Waals surface area (Å²) < 4.78 is 0. The van der Waals surface area contributed by atoms with Crippen LogP contribution >= 0.6 is 0 Å². The molecule has 0 aliphatic heterocycles. The van der Waals surface area contributed by atoms with E-state index in [4.69, 9.17) is 15.0 Å². The Kier molecular flexibility index (Phi) is 7.77. The average molecular weight is 705 g/mol. The van der Waals surface area contributed by atoms with Crippen LogP contribution in [0.1, 0.15) is 25.0 Å². The van der Waals surface area contributed by atoms with Crippen molar-refractivity contribution in [1.82, 2.24) is 19.9 Å². The summed E-state index contributed by atoms with van der Waals surface area (Å²) in [5, 5.41) is 2.59. The van der Waals surface area contributed by atoms with E-state index in [2.05, 4.69) is 146 Å². The van der Waals surface area contributed by atoms with Gasteiger partial charge in [-0.2, -0.15) is 0 Å². The van der Waals surface area contributed by atoms with Gasteiger partial charge in [-0.25, -0.2) is 15.0 Å². The molecule has 4 nitrogen and oxygen atoms in total. The van der Waals surface area contributed by atoms with Gasteiger partial charge in [0.2, 0.25) is 0 Å². The number of aromatic nitrogens is 4. The number of hydrogen-bond acceptors (Lipinski definition) is 4. The van der Waals surface area contributed by atoms with Gasteiger partial charge in [0.15, 0.2) is 17.5 Å². The van der Waals surface area contributed by atoms with Crippen molar-refractivity contribution in [3.05, 3.63) is 193 Å². The topological polar surface area (TPSA) is 51.6 Å². The summed E-state index contributed by atoms with van der Waals surface area (Å²) in [7, 11) is 0. The Balaban J connectivity index is 1.03. The van der Waals surface area contributed by atoms with E-state index in [0.717, 1.165) is 39.1 Å². The first-order valence-corrected chi connectivity index (χ1v) is 18.7. The minimum absolute atomic E-state index is 0.0616. The van der Waals surface area contributed by atoms with E-state index in [9.17, 15) is 0 Å². The Bertz CT molecular complexity index is 2880. The van der Waals surface area contributed by atoms with Crippen molar-refractivity contribution in [1.29, 1.82) is 0 Å². The lowest BCUT2D eigenvalue weighted by atomic mass is 9.82. The monoisotopic (exact) mass is 704 g/mol. The quantitative estimate of drug-likeness (QED) is 0.173. The highest BCUT2D eigenvalue weighted by atomic mass is 15.0. The third-order valence-electron chi connectivity index (χ3n) is 11.0. The van der Waals surface area contributed by atoms with Crippen LogP contribution in [-0.2, 0) is 5.41 Å². The van der Waals surface area contributed by atoms with Crippen LogP contribution in [0.15, 0.2) is 182 Å². The lowest BCUT2D eigenvalue weighted by Crippen LogP contribution is -2.14. The van der Waals surface area contributed by atoms with Crippen LogP contribution < -0.4 is 0 Å². The molecule has 260 valence electrons. The molecular weight excluding hydrogens is 669 g/mol. The van der Waals surface area contributed by atoms with Crippen molar-refractivity contribution in [2.75, 3.05) is 0 Å². The zero-order valence-electron chi connectivity index (χ0n) is 30.6. The fourth-order valence-corrected chi connectivity index (χ4v) is 8.09. The maximum atomic E-state index is 5.05. The Morgan fingerprint density at radius 3 is 1.62 bits per heavy atom. The van der Waals surface area contributed by atoms with Gasteiger partial charge in [0.1, 0.15) is 0 Å². The molecule has 0 spiro atoms. The zero-order valence-corrected chi connectivity index (χ0v) is 30.6. The Labute approximate surface area is 320 Å². The Hall–Kier alpha value is -7.04. The Morgan fingerprint density at radius 1 is 0.382 bits per heavy atom. The van der Waals surface area contributed by atoms with E-state index in [0.29, 0.717) is 17.5 Å². The largest absolute Gasteiger partial charge is 0.256 e. The smallest absolute Gasteiger partial charge is 0.164 e. The highest BCUT2D eigenvalue weighted by Crippen LogP contribution is 2.52. The lowest BCUT2D eigenvalue weighted by molar-refractivity contribution is 0.661. The van der Waals surface area contributed by atoms with E-state index in [1.807, 2.05) is 54.7 Å². The highest BCUT2D eigenvalue weighted by Gasteiger charge is 2.36. The van der Waals surface area contributed by atoms with E-state index in [-0.39, 0.29) is 5.41 Å². The third kappa shape index (κ3) is 5.80. The van der Waals surface area contributed by atoms with Crippen LogP contribution in [0.2, 0.25) is 0 Å². The molecule has 1 aliphatic carbocycles. The second kappa shape index (κ2) is 13.1. The first-order valence-electron chi connectivity index (χ1n) is 18.7. The number of rotatable bonds is 6. The predicted octanol–water partition coefficient (Wildman–Crippen LogP) is 12.7. The molecule has 0 saturated carbocycles. The van der Waals surface area contributed by atoms with Gasteiger partial charge in [0.05, 0.1) is 5.69 Å². The summed E-state index contributed by atoms with van der Waals surface area (Å²) in [6.07, 6.45) is 1.81. The van der Waals surface area contributed by atoms with Gasteiger partial charge in [0, 0.05) is 33.9 Å². The van der Waals surface area contributed by atoms with Crippen LogP contribution in [0, 0.1) is 0 Å². The second-order valence-electron chi connectivity index (χ2n) is 14.7. The summed E-state index contributed by atoms with van der Waals surface area (Å²) in [6.45, 7) is 4.69. The minimum atomic E-state index is -0.0616. The molecule has 1 aliphatic rings. The summed E-state index contributed by atoms with van der Waals surface area (Å²) >= 11 is 0. The number of fused-ring (bicyclic) bond motifs is 5. The Morgan fingerprint density at radius 2 is 0.909 bits per heavy atom. The number of hydrogen-bond donors (Lipinski definition) is 0. The summed E-state index contributed by atoms with van der Waals surface area (Å²) in [6, 6.07) is 62.0. The molecule has 0 N–H and O–H groups in total. The summed E-state index contributed by atoms with van der Waals surface area (Å²) in [5.41, 5.74) is 14.8. The first kappa shape index (κ1) is 32.6. The molecule has 2 heterocycles. The van der Waals surface area contributed by atoms with Gasteiger partial charge in [0.25, 0.3) is 0 Å². The normalized spacial score (nSPS) is 12.7. The lowest BCUT2D eigenvalue weighted by Gasteiger charge is -2.21. The van der Waals surface area contributed by atoms with Crippen molar-refractivity contribution >= 4 is 10.8 Å². The molecular formula is C51H36N4. The maximum absolute atomic E-state index is 5.05. The molecule has 0 atom stereocenters. The van der Waals surface area contributed by atoms with E-state index in [1.54, 1.807) is 0 Å². The zero-order chi connectivity index (χ0) is 36.9. The molecule has 0 amide bonds. The molecule has 0 bridgehead atoms. The first-order chi connectivity index (χ1) is 27.0. The standard InChI is InChI=1S/C51H36N4/c1-51(2)44-27-26-40(32-43(44)47-42-19-7-6-12-33(42)25-28-45(47)51)38-16-10-15-37(30-38)39-17-11-18-41(31-39)50-54-48(35-13-4-3-5-14-35)53-49(55-50)36-23-21-34(22-24-36)46-20-8-9-29-52-46/h3-32H,1-2H3. The molecule has 0 unspecified atom stereocenters. The van der Waals surface area contributed by atoms with Crippen LogP contribution in [0.3, 0.4) is 0 Å². The van der Waals surface area contributed by atoms with Crippen molar-refractivity contribution in [2.24, 2.45) is 0 Å². The second-order valence-corrected chi connectivity index (χ2v) is 14.7. The predicted molar refractivity (Wildman–Crippen MR) is 225 cm³/mol. The highest BCUT2D eigenvalue weighted by molar-refractivity contribution is 6.03. The van der Waals surface area contributed by atoms with Gasteiger partial charge in [-0.1, -0.05) is 159 Å². The number of nitrogens with zero attached hydrogens (tertiary/aromatic N) is 4. The summed E-state index contributed by atoms with van der Waals surface area (Å²) in [5.74, 6) is 1.89. The molecule has 7 aromatic carbocycles. The van der Waals surface area contributed by atoms with Gasteiger partial charge >= 0.3 is 0 Å². The van der Waals surface area contributed by atoms with Crippen LogP contribution in [-0.4, -0.2) is 19.9 Å². The van der Waals surface area contributed by atoms with Crippen LogP contribution in [0.4, 0.5) is 0 Å². The maximum Gasteiger partial charge on any atom is 0.164 e. The fraction of sp³-hybridized carbons (Fsp3) is 0.0588. The van der Waals surface area contributed by atoms with Gasteiger partial charge < -0.3 is 0 Å². The molecule has 4 heteroatoms. The molecule has 0 saturated heterocycles. The summed E-state index contributed by atoms with van der Waals surface area (Å²) in [4.78, 5) is 19.5. The fourth-order valence-electron chi connectivity index (χ4n) is 8.09. The van der Waals surface area contributed by atoms with Gasteiger partial charge in [-0.3, -0.25) is 4.98 Å². The van der Waals surface area contributed by atoms with Gasteiger partial charge in [-0.05, 0) is 85.6 Å². The SMILES string of the molecule is CC1(C)c2ccc(-c3cccc(-c4cccc(-c5nc(-c6ccccc6)nc(-c6ccc(-c7ccccn7)cc6)n5)c4)c3)cc2-c2c1ccc1ccccc21. The van der Waals surface area contributed by atoms with E-state index in [1.165, 1.54) is 44.2 Å². The van der Waals surface area contributed by atoms with E-state index >= 15 is 0 Å². The molecule has 55 heavy (non-hydrogen) atoms. The average Bonchev–Trinajstić information content (AvgIpc) is 3.49. The van der Waals surface area contributed by atoms with Crippen molar-refractivity contribution in [3.8, 4) is 78.8 Å². The van der Waals surface area contributed by atoms with Crippen molar-refractivity contribution in [2.45, 2.75) is 19.3 Å². The number of pyridine rings is 1. The minimum Gasteiger partial charge on any atom is -0.256 e. The molecule has 2 aromatic heterocycles. The molecule has 0 radical (unpaired) electrons. The number of benzene rings is 7. The van der Waals surface area contributed by atoms with Gasteiger partial charge in [-0.15, -0.1) is 0 Å². The molecule has 0 fully saturated rings. The van der Waals surface area contributed by atoms with Crippen molar-refractivity contribution in [3.63, 3.8) is 0 Å². The molecule has 9 aromatic rings. The molecule has 10 rings (SSSR count). The van der Waals surface area contributed by atoms with Crippen molar-refractivity contribution < 1.29 is 0 Å². The van der Waals surface area contributed by atoms with Crippen LogP contribution in [0.5, 0.6) is 0 Å². The third-order valence-corrected chi connectivity index (χ3v) is 11.0. The van der Waals surface area contributed by atoms with E-state index < -0.39 is 0 Å².